The second kappa shape index (κ2) is 10.1. The summed E-state index contributed by atoms with van der Waals surface area (Å²) in [5.41, 5.74) is 0.552. The Bertz CT molecular complexity index is 846. The van der Waals surface area contributed by atoms with Crippen LogP contribution in [-0.2, 0) is 9.53 Å². The quantitative estimate of drug-likeness (QED) is 0.368. The van der Waals surface area contributed by atoms with Gasteiger partial charge in [0.2, 0.25) is 0 Å². The standard InChI is InChI=1S/C20H18F2O6/c1-25-15-9-6-13(7-10-15)16(23)12-27-18(24)11-8-14-4-3-5-17(26-2)19(14)28-20(21)22/h3-11,20H,12H2,1-2H3/b11-8+. The molecule has 0 saturated heterocycles. The highest BCUT2D eigenvalue weighted by Gasteiger charge is 2.14. The summed E-state index contributed by atoms with van der Waals surface area (Å²) in [6, 6.07) is 10.8. The van der Waals surface area contributed by atoms with E-state index >= 15 is 0 Å². The molecule has 0 aliphatic rings. The molecule has 8 heteroatoms. The Balaban J connectivity index is 2.00. The fraction of sp³-hybridized carbons (Fsp3) is 0.200. The van der Waals surface area contributed by atoms with E-state index in [9.17, 15) is 18.4 Å². The topological polar surface area (TPSA) is 71.1 Å². The minimum atomic E-state index is -3.06. The van der Waals surface area contributed by atoms with Crippen molar-refractivity contribution in [2.75, 3.05) is 20.8 Å². The molecule has 0 heterocycles. The first-order valence-electron chi connectivity index (χ1n) is 8.08. The van der Waals surface area contributed by atoms with Crippen LogP contribution in [0.5, 0.6) is 17.2 Å². The second-order valence-corrected chi connectivity index (χ2v) is 5.35. The predicted molar refractivity (Wildman–Crippen MR) is 96.9 cm³/mol. The van der Waals surface area contributed by atoms with E-state index < -0.39 is 25.0 Å². The molecular formula is C20H18F2O6. The van der Waals surface area contributed by atoms with Crippen molar-refractivity contribution in [3.05, 3.63) is 59.7 Å². The number of carbonyl (C=O) groups is 2. The molecule has 148 valence electrons. The van der Waals surface area contributed by atoms with Crippen LogP contribution in [-0.4, -0.2) is 39.2 Å². The third-order valence-corrected chi connectivity index (χ3v) is 3.59. The number of ketones is 1. The van der Waals surface area contributed by atoms with Crippen molar-refractivity contribution in [3.63, 3.8) is 0 Å². The SMILES string of the molecule is COc1ccc(C(=O)COC(=O)/C=C/c2cccc(OC)c2OC(F)F)cc1. The number of hydrogen-bond donors (Lipinski definition) is 0. The summed E-state index contributed by atoms with van der Waals surface area (Å²) in [4.78, 5) is 23.9. The zero-order valence-corrected chi connectivity index (χ0v) is 15.2. The first-order valence-corrected chi connectivity index (χ1v) is 8.08. The Kier molecular flexibility index (Phi) is 7.50. The van der Waals surface area contributed by atoms with E-state index in [0.717, 1.165) is 6.08 Å². The highest BCUT2D eigenvalue weighted by molar-refractivity contribution is 5.99. The zero-order chi connectivity index (χ0) is 20.5. The number of halogens is 2. The molecule has 0 aromatic heterocycles. The number of rotatable bonds is 9. The molecule has 0 radical (unpaired) electrons. The Morgan fingerprint density at radius 1 is 1.04 bits per heavy atom. The van der Waals surface area contributed by atoms with Gasteiger partial charge in [-0.05, 0) is 36.4 Å². The molecule has 0 bridgehead atoms. The number of hydrogen-bond acceptors (Lipinski definition) is 6. The van der Waals surface area contributed by atoms with Crippen molar-refractivity contribution in [3.8, 4) is 17.2 Å². The number of ether oxygens (including phenoxy) is 4. The van der Waals surface area contributed by atoms with Crippen molar-refractivity contribution in [1.82, 2.24) is 0 Å². The van der Waals surface area contributed by atoms with Gasteiger partial charge in [0.05, 0.1) is 14.2 Å². The Morgan fingerprint density at radius 3 is 2.36 bits per heavy atom. The smallest absolute Gasteiger partial charge is 0.387 e. The van der Waals surface area contributed by atoms with E-state index in [1.54, 1.807) is 30.3 Å². The molecule has 6 nitrogen and oxygen atoms in total. The highest BCUT2D eigenvalue weighted by atomic mass is 19.3. The molecule has 0 saturated carbocycles. The molecule has 0 aliphatic carbocycles. The summed E-state index contributed by atoms with van der Waals surface area (Å²) < 4.78 is 44.5. The van der Waals surface area contributed by atoms with Crippen molar-refractivity contribution >= 4 is 17.8 Å². The van der Waals surface area contributed by atoms with E-state index in [0.29, 0.717) is 11.3 Å². The van der Waals surface area contributed by atoms with Gasteiger partial charge in [-0.3, -0.25) is 4.79 Å². The lowest BCUT2D eigenvalue weighted by molar-refractivity contribution is -0.136. The van der Waals surface area contributed by atoms with Gasteiger partial charge in [0, 0.05) is 17.2 Å². The Labute approximate surface area is 160 Å². The van der Waals surface area contributed by atoms with Crippen LogP contribution in [0.25, 0.3) is 6.08 Å². The molecule has 0 fully saturated rings. The molecule has 2 aromatic rings. The molecule has 28 heavy (non-hydrogen) atoms. The van der Waals surface area contributed by atoms with Crippen molar-refractivity contribution in [1.29, 1.82) is 0 Å². The van der Waals surface area contributed by atoms with Crippen LogP contribution in [0.1, 0.15) is 15.9 Å². The lowest BCUT2D eigenvalue weighted by Gasteiger charge is -2.12. The van der Waals surface area contributed by atoms with Crippen molar-refractivity contribution in [2.45, 2.75) is 6.61 Å². The van der Waals surface area contributed by atoms with E-state index in [1.165, 1.54) is 32.4 Å². The van der Waals surface area contributed by atoms with Gasteiger partial charge >= 0.3 is 12.6 Å². The van der Waals surface area contributed by atoms with Crippen LogP contribution in [0.3, 0.4) is 0 Å². The molecule has 0 N–H and O–H groups in total. The summed E-state index contributed by atoms with van der Waals surface area (Å²) in [5.74, 6) is -0.736. The number of Topliss-reactive ketones (excluding diaryl/α,β-unsaturated/α-hetero) is 1. The normalized spacial score (nSPS) is 10.8. The first-order chi connectivity index (χ1) is 13.4. The Morgan fingerprint density at radius 2 is 1.75 bits per heavy atom. The van der Waals surface area contributed by atoms with Gasteiger partial charge in [-0.15, -0.1) is 0 Å². The van der Waals surface area contributed by atoms with Crippen LogP contribution < -0.4 is 14.2 Å². The van der Waals surface area contributed by atoms with Crippen LogP contribution in [0.15, 0.2) is 48.5 Å². The number of esters is 1. The molecule has 0 spiro atoms. The summed E-state index contributed by atoms with van der Waals surface area (Å²) >= 11 is 0. The van der Waals surface area contributed by atoms with E-state index in [1.807, 2.05) is 0 Å². The van der Waals surface area contributed by atoms with Crippen molar-refractivity contribution < 1.29 is 37.3 Å². The number of para-hydroxylation sites is 1. The van der Waals surface area contributed by atoms with Gasteiger partial charge in [-0.25, -0.2) is 4.79 Å². The maximum atomic E-state index is 12.6. The highest BCUT2D eigenvalue weighted by Crippen LogP contribution is 2.33. The van der Waals surface area contributed by atoms with Gasteiger partial charge in [-0.2, -0.15) is 8.78 Å². The van der Waals surface area contributed by atoms with Crippen LogP contribution in [0, 0.1) is 0 Å². The average Bonchev–Trinajstić information content (AvgIpc) is 2.70. The molecule has 2 aromatic carbocycles. The molecule has 0 aliphatic heterocycles. The summed E-state index contributed by atoms with van der Waals surface area (Å²) in [6.07, 6.45) is 2.24. The number of methoxy groups -OCH3 is 2. The largest absolute Gasteiger partial charge is 0.497 e. The van der Waals surface area contributed by atoms with Gasteiger partial charge < -0.3 is 18.9 Å². The first kappa shape index (κ1) is 20.9. The van der Waals surface area contributed by atoms with E-state index in [2.05, 4.69) is 4.74 Å². The minimum absolute atomic E-state index is 0.0884. The molecule has 0 atom stereocenters. The maximum absolute atomic E-state index is 12.6. The Hall–Kier alpha value is -3.42. The number of alkyl halides is 2. The zero-order valence-electron chi connectivity index (χ0n) is 15.2. The van der Waals surface area contributed by atoms with Crippen LogP contribution in [0.4, 0.5) is 8.78 Å². The van der Waals surface area contributed by atoms with Gasteiger partial charge in [0.25, 0.3) is 0 Å². The van der Waals surface area contributed by atoms with Crippen LogP contribution >= 0.6 is 0 Å². The van der Waals surface area contributed by atoms with E-state index in [4.69, 9.17) is 14.2 Å². The molecule has 0 unspecified atom stereocenters. The summed E-state index contributed by atoms with van der Waals surface area (Å²) in [7, 11) is 2.81. The monoisotopic (exact) mass is 392 g/mol. The molecule has 0 amide bonds. The van der Waals surface area contributed by atoms with Crippen LogP contribution in [0.2, 0.25) is 0 Å². The fourth-order valence-electron chi connectivity index (χ4n) is 2.24. The molecule has 2 rings (SSSR count). The lowest BCUT2D eigenvalue weighted by atomic mass is 10.1. The third kappa shape index (κ3) is 5.80. The van der Waals surface area contributed by atoms with Crippen molar-refractivity contribution in [2.24, 2.45) is 0 Å². The average molecular weight is 392 g/mol. The summed E-state index contributed by atoms with van der Waals surface area (Å²) in [5, 5.41) is 0. The van der Waals surface area contributed by atoms with Gasteiger partial charge in [-0.1, -0.05) is 12.1 Å². The van der Waals surface area contributed by atoms with E-state index in [-0.39, 0.29) is 17.1 Å². The third-order valence-electron chi connectivity index (χ3n) is 3.59. The molecular weight excluding hydrogens is 374 g/mol. The maximum Gasteiger partial charge on any atom is 0.387 e. The fourth-order valence-corrected chi connectivity index (χ4v) is 2.24. The minimum Gasteiger partial charge on any atom is -0.497 e. The van der Waals surface area contributed by atoms with Gasteiger partial charge in [0.15, 0.2) is 23.9 Å². The number of benzene rings is 2. The summed E-state index contributed by atoms with van der Waals surface area (Å²) in [6.45, 7) is -3.52. The second-order valence-electron chi connectivity index (χ2n) is 5.35. The van der Waals surface area contributed by atoms with Gasteiger partial charge in [0.1, 0.15) is 5.75 Å². The predicted octanol–water partition coefficient (Wildman–Crippen LogP) is 3.74. The number of carbonyl (C=O) groups excluding carboxylic acids is 2. The lowest BCUT2D eigenvalue weighted by Crippen LogP contribution is -2.12.